The number of nitrogens with one attached hydrogen (secondary N) is 4. The van der Waals surface area contributed by atoms with E-state index in [4.69, 9.17) is 9.52 Å². The molecule has 0 aliphatic rings. The summed E-state index contributed by atoms with van der Waals surface area (Å²) in [6.07, 6.45) is 1.89. The number of carbonyl (C=O) groups excluding carboxylic acids is 1. The van der Waals surface area contributed by atoms with Crippen LogP contribution in [0.2, 0.25) is 0 Å². The summed E-state index contributed by atoms with van der Waals surface area (Å²) in [5.41, 5.74) is 1.33. The molecule has 1 atom stereocenters. The molecule has 0 bridgehead atoms. The summed E-state index contributed by atoms with van der Waals surface area (Å²) in [4.78, 5) is 12.5. The Hall–Kier alpha value is -3.52. The number of amides is 1. The van der Waals surface area contributed by atoms with Crippen molar-refractivity contribution in [2.24, 2.45) is 0 Å². The fraction of sp³-hybridized carbons (Fsp3) is 0.208. The van der Waals surface area contributed by atoms with Gasteiger partial charge in [-0.05, 0) is 42.8 Å². The average molecular weight is 453 g/mol. The Morgan fingerprint density at radius 2 is 1.69 bits per heavy atom. The molecule has 0 aromatic heterocycles. The van der Waals surface area contributed by atoms with Gasteiger partial charge in [-0.25, -0.2) is 8.99 Å². The molecular formula is C24H28N4O3S. The Kier molecular flexibility index (Phi) is 7.72. The van der Waals surface area contributed by atoms with E-state index in [2.05, 4.69) is 22.3 Å². The van der Waals surface area contributed by atoms with Gasteiger partial charge in [0.1, 0.15) is 10.6 Å². The van der Waals surface area contributed by atoms with Crippen molar-refractivity contribution < 1.29 is 13.7 Å². The number of para-hydroxylation sites is 2. The first kappa shape index (κ1) is 23.1. The number of hydrogen-bond acceptors (Lipinski definition) is 5. The van der Waals surface area contributed by atoms with Crippen LogP contribution in [0, 0.1) is 4.78 Å². The molecule has 0 saturated heterocycles. The molecule has 168 valence electrons. The summed E-state index contributed by atoms with van der Waals surface area (Å²) < 4.78 is 31.2. The predicted octanol–water partition coefficient (Wildman–Crippen LogP) is 5.48. The lowest BCUT2D eigenvalue weighted by atomic mass is 10.1. The third-order valence-electron chi connectivity index (χ3n) is 4.70. The minimum absolute atomic E-state index is 0.0882. The molecule has 0 fully saturated rings. The van der Waals surface area contributed by atoms with Crippen molar-refractivity contribution in [3.05, 3.63) is 78.4 Å². The Morgan fingerprint density at radius 3 is 2.31 bits per heavy atom. The molecule has 0 aliphatic heterocycles. The molecule has 4 N–H and O–H groups in total. The number of rotatable bonds is 10. The molecule has 3 aromatic rings. The molecular weight excluding hydrogens is 424 g/mol. The Labute approximate surface area is 189 Å². The Balaban J connectivity index is 2.15. The van der Waals surface area contributed by atoms with Crippen LogP contribution in [0.4, 0.5) is 11.4 Å². The van der Waals surface area contributed by atoms with Crippen LogP contribution in [0.1, 0.15) is 30.1 Å². The zero-order chi connectivity index (χ0) is 23.0. The predicted molar refractivity (Wildman–Crippen MR) is 129 cm³/mol. The topological polar surface area (TPSA) is 103 Å². The number of anilines is 2. The SMILES string of the molecule is CCCCNc1cc(C(=O)NC)cc(S(=N)(=O)Nc2ccccc2)c1Oc1ccccc1. The van der Waals surface area contributed by atoms with E-state index in [1.807, 2.05) is 24.3 Å². The standard InChI is InChI=1S/C24H28N4O3S/c1-3-4-15-27-21-16-18(24(29)26-2)17-22(23(21)31-20-13-9-6-10-14-20)32(25,30)28-19-11-7-5-8-12-19/h5-14,16-17,27H,3-4,15H2,1-2H3,(H,26,29)(H2,25,28,30). The summed E-state index contributed by atoms with van der Waals surface area (Å²) in [5.74, 6) is 0.448. The molecule has 0 heterocycles. The van der Waals surface area contributed by atoms with Crippen LogP contribution >= 0.6 is 0 Å². The van der Waals surface area contributed by atoms with E-state index in [0.29, 0.717) is 23.7 Å². The van der Waals surface area contributed by atoms with E-state index in [-0.39, 0.29) is 22.1 Å². The van der Waals surface area contributed by atoms with Crippen molar-refractivity contribution in [3.63, 3.8) is 0 Å². The van der Waals surface area contributed by atoms with Crippen molar-refractivity contribution >= 4 is 27.2 Å². The van der Waals surface area contributed by atoms with Crippen LogP contribution in [-0.4, -0.2) is 23.7 Å². The van der Waals surface area contributed by atoms with Gasteiger partial charge in [-0.15, -0.1) is 0 Å². The molecule has 0 radical (unpaired) electrons. The summed E-state index contributed by atoms with van der Waals surface area (Å²) >= 11 is 0. The summed E-state index contributed by atoms with van der Waals surface area (Å²) in [6, 6.07) is 21.1. The summed E-state index contributed by atoms with van der Waals surface area (Å²) in [5, 5.41) is 5.88. The van der Waals surface area contributed by atoms with E-state index in [1.54, 1.807) is 42.5 Å². The highest BCUT2D eigenvalue weighted by Crippen LogP contribution is 2.38. The van der Waals surface area contributed by atoms with Gasteiger partial charge in [0.2, 0.25) is 0 Å². The molecule has 7 nitrogen and oxygen atoms in total. The zero-order valence-corrected chi connectivity index (χ0v) is 19.0. The van der Waals surface area contributed by atoms with Gasteiger partial charge in [0, 0.05) is 24.8 Å². The van der Waals surface area contributed by atoms with E-state index in [1.165, 1.54) is 13.1 Å². The van der Waals surface area contributed by atoms with E-state index in [0.717, 1.165) is 12.8 Å². The fourth-order valence-corrected chi connectivity index (χ4v) is 4.34. The minimum Gasteiger partial charge on any atom is -0.454 e. The van der Waals surface area contributed by atoms with Gasteiger partial charge >= 0.3 is 0 Å². The molecule has 3 aromatic carbocycles. The maximum atomic E-state index is 13.6. The largest absolute Gasteiger partial charge is 0.454 e. The van der Waals surface area contributed by atoms with Crippen LogP contribution in [0.3, 0.4) is 0 Å². The fourth-order valence-electron chi connectivity index (χ4n) is 3.06. The summed E-state index contributed by atoms with van der Waals surface area (Å²) in [6.45, 7) is 2.72. The number of hydrogen-bond donors (Lipinski definition) is 4. The molecule has 8 heteroatoms. The monoisotopic (exact) mass is 452 g/mol. The van der Waals surface area contributed by atoms with Crippen molar-refractivity contribution in [1.29, 1.82) is 4.78 Å². The molecule has 0 saturated carbocycles. The van der Waals surface area contributed by atoms with Crippen molar-refractivity contribution in [3.8, 4) is 11.5 Å². The number of unbranched alkanes of at least 4 members (excludes halogenated alkanes) is 1. The first-order valence-corrected chi connectivity index (χ1v) is 12.0. The molecule has 0 aliphatic carbocycles. The average Bonchev–Trinajstić information content (AvgIpc) is 2.80. The maximum absolute atomic E-state index is 13.6. The third kappa shape index (κ3) is 5.79. The first-order valence-electron chi connectivity index (χ1n) is 10.4. The van der Waals surface area contributed by atoms with E-state index >= 15 is 0 Å². The van der Waals surface area contributed by atoms with Crippen molar-refractivity contribution in [2.45, 2.75) is 24.7 Å². The van der Waals surface area contributed by atoms with Crippen LogP contribution in [0.25, 0.3) is 0 Å². The second-order valence-electron chi connectivity index (χ2n) is 7.15. The normalized spacial score (nSPS) is 12.4. The highest BCUT2D eigenvalue weighted by atomic mass is 32.2. The van der Waals surface area contributed by atoms with Gasteiger partial charge in [-0.2, -0.15) is 0 Å². The van der Waals surface area contributed by atoms with Gasteiger partial charge in [0.15, 0.2) is 15.7 Å². The number of benzene rings is 3. The lowest BCUT2D eigenvalue weighted by molar-refractivity contribution is 0.0963. The van der Waals surface area contributed by atoms with Gasteiger partial charge in [0.05, 0.1) is 5.69 Å². The highest BCUT2D eigenvalue weighted by Gasteiger charge is 2.24. The minimum atomic E-state index is -3.58. The third-order valence-corrected chi connectivity index (χ3v) is 6.14. The summed E-state index contributed by atoms with van der Waals surface area (Å²) in [7, 11) is -2.05. The second kappa shape index (κ2) is 10.7. The number of ether oxygens (including phenoxy) is 1. The Bertz CT molecular complexity index is 1150. The van der Waals surface area contributed by atoms with Crippen LogP contribution < -0.4 is 20.1 Å². The zero-order valence-electron chi connectivity index (χ0n) is 18.2. The van der Waals surface area contributed by atoms with Gasteiger partial charge in [-0.1, -0.05) is 49.7 Å². The van der Waals surface area contributed by atoms with Gasteiger partial charge < -0.3 is 15.4 Å². The molecule has 32 heavy (non-hydrogen) atoms. The van der Waals surface area contributed by atoms with Crippen molar-refractivity contribution in [2.75, 3.05) is 23.6 Å². The quantitative estimate of drug-likeness (QED) is 0.306. The molecule has 1 amide bonds. The van der Waals surface area contributed by atoms with Crippen LogP contribution in [0.15, 0.2) is 77.7 Å². The number of carbonyl (C=O) groups is 1. The molecule has 1 unspecified atom stereocenters. The highest BCUT2D eigenvalue weighted by molar-refractivity contribution is 7.93. The second-order valence-corrected chi connectivity index (χ2v) is 8.91. The smallest absolute Gasteiger partial charge is 0.251 e. The van der Waals surface area contributed by atoms with Crippen molar-refractivity contribution in [1.82, 2.24) is 5.32 Å². The molecule has 3 rings (SSSR count). The van der Waals surface area contributed by atoms with Crippen LogP contribution in [0.5, 0.6) is 11.5 Å². The van der Waals surface area contributed by atoms with E-state index in [9.17, 15) is 9.00 Å². The first-order chi connectivity index (χ1) is 15.4. The van der Waals surface area contributed by atoms with Crippen LogP contribution in [-0.2, 0) is 9.92 Å². The van der Waals surface area contributed by atoms with Gasteiger partial charge in [0.25, 0.3) is 5.91 Å². The Morgan fingerprint density at radius 1 is 1.03 bits per heavy atom. The molecule has 0 spiro atoms. The maximum Gasteiger partial charge on any atom is 0.251 e. The van der Waals surface area contributed by atoms with Gasteiger partial charge in [-0.3, -0.25) is 9.52 Å². The van der Waals surface area contributed by atoms with E-state index < -0.39 is 9.92 Å². The lowest BCUT2D eigenvalue weighted by Crippen LogP contribution is -2.20. The lowest BCUT2D eigenvalue weighted by Gasteiger charge is -2.20.